The first-order valence-corrected chi connectivity index (χ1v) is 4.39. The highest BCUT2D eigenvalue weighted by molar-refractivity contribution is 6.75. The highest BCUT2D eigenvalue weighted by atomic mass is 28.4. The van der Waals surface area contributed by atoms with Crippen LogP contribution in [0, 0.1) is 0 Å². The minimum absolute atomic E-state index is 0. The predicted octanol–water partition coefficient (Wildman–Crippen LogP) is -1.08. The molecule has 0 aromatic carbocycles. The van der Waals surface area contributed by atoms with Gasteiger partial charge in [-0.2, -0.15) is 18.6 Å². The smallest absolute Gasteiger partial charge is 0.269 e. The summed E-state index contributed by atoms with van der Waals surface area (Å²) in [6, 6.07) is 0. The van der Waals surface area contributed by atoms with E-state index in [1.165, 1.54) is 0 Å². The van der Waals surface area contributed by atoms with Crippen LogP contribution < -0.4 is 0 Å². The van der Waals surface area contributed by atoms with Crippen LogP contribution in [0.25, 0.3) is 0 Å². The first-order chi connectivity index (χ1) is 6.24. The largest absolute Gasteiger partial charge is 0.620 e. The Morgan fingerprint density at radius 2 is 0.857 bits per heavy atom. The summed E-state index contributed by atoms with van der Waals surface area (Å²) in [4.78, 5) is 39.3. The van der Waals surface area contributed by atoms with Crippen LogP contribution in [0.4, 0.5) is 4.70 Å². The molecule has 0 rings (SSSR count). The second-order valence-electron chi connectivity index (χ2n) is 1.41. The lowest BCUT2D eigenvalue weighted by Crippen LogP contribution is -2.25. The molecule has 0 saturated heterocycles. The van der Waals surface area contributed by atoms with Crippen molar-refractivity contribution >= 4 is 33.0 Å². The molecule has 72 valence electrons. The maximum Gasteiger partial charge on any atom is 0.620 e. The molecule has 0 amide bonds. The van der Waals surface area contributed by atoms with Crippen LogP contribution in [0.15, 0.2) is 18.6 Å². The molecule has 0 unspecified atom stereocenters. The Morgan fingerprint density at radius 1 is 0.643 bits per heavy atom. The molecule has 0 bridgehead atoms. The van der Waals surface area contributed by atoms with E-state index in [0.717, 1.165) is 24.3 Å². The molecule has 0 aliphatic carbocycles. The van der Waals surface area contributed by atoms with Crippen molar-refractivity contribution in [2.24, 2.45) is 18.6 Å². The van der Waals surface area contributed by atoms with Crippen LogP contribution in [0.1, 0.15) is 0 Å². The van der Waals surface area contributed by atoms with E-state index in [-0.39, 0.29) is 4.70 Å². The van der Waals surface area contributed by atoms with Crippen molar-refractivity contribution in [1.82, 2.24) is 0 Å². The van der Waals surface area contributed by atoms with Gasteiger partial charge in [-0.1, -0.05) is 0 Å². The van der Waals surface area contributed by atoms with Crippen LogP contribution in [0.5, 0.6) is 0 Å². The number of hydrogen-bond donors (Lipinski definition) is 0. The van der Waals surface area contributed by atoms with Gasteiger partial charge in [-0.05, 0) is 0 Å². The van der Waals surface area contributed by atoms with E-state index in [1.54, 1.807) is 0 Å². The zero-order valence-corrected chi connectivity index (χ0v) is 7.33. The van der Waals surface area contributed by atoms with Gasteiger partial charge in [-0.3, -0.25) is 4.70 Å². The Hall–Kier alpha value is -2.33. The molecule has 0 fully saturated rings. The number of halogens is 1. The summed E-state index contributed by atoms with van der Waals surface area (Å²) < 4.78 is 11.5. The summed E-state index contributed by atoms with van der Waals surface area (Å²) in [6.07, 6.45) is 3.93. The third-order valence-electron chi connectivity index (χ3n) is 0.783. The van der Waals surface area contributed by atoms with E-state index in [4.69, 9.17) is 0 Å². The van der Waals surface area contributed by atoms with Crippen molar-refractivity contribution in [3.63, 3.8) is 0 Å². The molecule has 0 spiro atoms. The monoisotopic (exact) mass is 216 g/mol. The third kappa shape index (κ3) is 3.89. The fourth-order valence-electron chi connectivity index (χ4n) is 0.395. The Morgan fingerprint density at radius 3 is 1.00 bits per heavy atom. The van der Waals surface area contributed by atoms with E-state index < -0.39 is 8.72 Å². The van der Waals surface area contributed by atoms with Crippen LogP contribution >= 0.6 is 0 Å². The number of nitrogens with zero attached hydrogens (tertiary/aromatic N) is 4. The van der Waals surface area contributed by atoms with Gasteiger partial charge >= 0.3 is 8.72 Å². The maximum atomic E-state index is 9.82. The van der Waals surface area contributed by atoms with E-state index in [1.807, 2.05) is 0 Å². The minimum Gasteiger partial charge on any atom is -0.269 e. The topological polar surface area (TPSA) is 118 Å². The first kappa shape index (κ1) is 14.2. The summed E-state index contributed by atoms with van der Waals surface area (Å²) in [5.41, 5.74) is 0. The van der Waals surface area contributed by atoms with Gasteiger partial charge in [-0.25, -0.2) is 19.2 Å². The molecule has 14 heavy (non-hydrogen) atoms. The number of isocyanates is 4. The molecule has 0 aromatic heterocycles. The van der Waals surface area contributed by atoms with Crippen LogP contribution in [-0.2, 0) is 19.2 Å². The Bertz CT molecular complexity index is 309. The summed E-state index contributed by atoms with van der Waals surface area (Å²) in [5, 5.41) is 0. The predicted molar refractivity (Wildman–Crippen MR) is 40.7 cm³/mol. The zero-order chi connectivity index (χ0) is 10.2. The first-order valence-electron chi connectivity index (χ1n) is 2.61. The highest BCUT2D eigenvalue weighted by Gasteiger charge is 2.37. The normalized spacial score (nSPS) is 10.9. The average molecular weight is 216 g/mol. The van der Waals surface area contributed by atoms with Gasteiger partial charge in [0.25, 0.3) is 0 Å². The lowest BCUT2D eigenvalue weighted by atomic mass is 11.7. The Labute approximate surface area is 76.5 Å². The molecule has 10 heteroatoms. The van der Waals surface area contributed by atoms with Gasteiger partial charge in [0.15, 0.2) is 0 Å². The zero-order valence-electron chi connectivity index (χ0n) is 6.33. The van der Waals surface area contributed by atoms with Crippen molar-refractivity contribution in [3.8, 4) is 0 Å². The van der Waals surface area contributed by atoms with Crippen LogP contribution in [0.2, 0.25) is 0 Å². The van der Waals surface area contributed by atoms with Gasteiger partial charge in [0.1, 0.15) is 0 Å². The van der Waals surface area contributed by atoms with E-state index in [0.29, 0.717) is 0 Å². The van der Waals surface area contributed by atoms with E-state index in [2.05, 4.69) is 18.6 Å². The molecular formula is C4HFN4O4Si. The van der Waals surface area contributed by atoms with Gasteiger partial charge < -0.3 is 0 Å². The van der Waals surface area contributed by atoms with Gasteiger partial charge in [0.05, 0.1) is 0 Å². The summed E-state index contributed by atoms with van der Waals surface area (Å²) in [7, 11) is -3.99. The second kappa shape index (κ2) is 7.32. The lowest BCUT2D eigenvalue weighted by molar-refractivity contribution is 0.564. The molecule has 0 saturated carbocycles. The van der Waals surface area contributed by atoms with Crippen molar-refractivity contribution < 1.29 is 23.9 Å². The molecule has 0 N–H and O–H groups in total. The lowest BCUT2D eigenvalue weighted by Gasteiger charge is -1.97. The quantitative estimate of drug-likeness (QED) is 0.337. The molecule has 0 aliphatic heterocycles. The number of rotatable bonds is 4. The van der Waals surface area contributed by atoms with Crippen molar-refractivity contribution in [1.29, 1.82) is 0 Å². The molecular weight excluding hydrogens is 215 g/mol. The molecule has 0 radical (unpaired) electrons. The van der Waals surface area contributed by atoms with Crippen molar-refractivity contribution in [2.75, 3.05) is 0 Å². The highest BCUT2D eigenvalue weighted by Crippen LogP contribution is 2.06. The standard InChI is InChI=1S/C4N4O4Si.FH/c9-1-5-13(6-2-10,7-3-11)8-4-12;/h;1H. The molecule has 0 atom stereocenters. The van der Waals surface area contributed by atoms with Gasteiger partial charge in [0.2, 0.25) is 24.3 Å². The third-order valence-corrected chi connectivity index (χ3v) is 2.35. The Kier molecular flexibility index (Phi) is 7.43. The molecule has 0 aromatic rings. The fourth-order valence-corrected chi connectivity index (χ4v) is 1.18. The van der Waals surface area contributed by atoms with Crippen molar-refractivity contribution in [2.45, 2.75) is 0 Å². The van der Waals surface area contributed by atoms with Crippen LogP contribution in [-0.4, -0.2) is 33.0 Å². The fraction of sp³-hybridized carbons (Fsp3) is 0. The number of carbonyl (C=O) groups excluding carboxylic acids is 4. The molecule has 0 aliphatic rings. The SMILES string of the molecule is F.O=C=N[Si](N=C=O)(N=C=O)N=C=O. The molecule has 8 nitrogen and oxygen atoms in total. The maximum absolute atomic E-state index is 9.82. The van der Waals surface area contributed by atoms with Crippen molar-refractivity contribution in [3.05, 3.63) is 0 Å². The van der Waals surface area contributed by atoms with Gasteiger partial charge in [0, 0.05) is 0 Å². The van der Waals surface area contributed by atoms with Crippen LogP contribution in [0.3, 0.4) is 0 Å². The second-order valence-corrected chi connectivity index (χ2v) is 3.51. The summed E-state index contributed by atoms with van der Waals surface area (Å²) >= 11 is 0. The number of hydrogen-bond acceptors (Lipinski definition) is 8. The van der Waals surface area contributed by atoms with Gasteiger partial charge in [-0.15, -0.1) is 0 Å². The summed E-state index contributed by atoms with van der Waals surface area (Å²) in [6.45, 7) is 0. The van der Waals surface area contributed by atoms with E-state index >= 15 is 0 Å². The van der Waals surface area contributed by atoms with E-state index in [9.17, 15) is 19.2 Å². The Balaban J connectivity index is 0. The average Bonchev–Trinajstić information content (AvgIpc) is 2.06. The minimum atomic E-state index is -3.99. The molecule has 0 heterocycles. The summed E-state index contributed by atoms with van der Waals surface area (Å²) in [5.74, 6) is 0.